The van der Waals surface area contributed by atoms with E-state index in [2.05, 4.69) is 5.32 Å². The molecule has 6 nitrogen and oxygen atoms in total. The topological polar surface area (TPSA) is 88.8 Å². The lowest BCUT2D eigenvalue weighted by atomic mass is 10.0. The molecule has 0 aliphatic rings. The minimum atomic E-state index is -0.803. The maximum absolute atomic E-state index is 12.5. The summed E-state index contributed by atoms with van der Waals surface area (Å²) in [6.07, 6.45) is -1.60. The number of amides is 1. The van der Waals surface area contributed by atoms with Gasteiger partial charge < -0.3 is 19.6 Å². The molecule has 0 bridgehead atoms. The first-order chi connectivity index (χ1) is 15.0. The second-order valence-electron chi connectivity index (χ2n) is 7.43. The van der Waals surface area contributed by atoms with E-state index < -0.39 is 17.8 Å². The summed E-state index contributed by atoms with van der Waals surface area (Å²) in [6.45, 7) is 3.50. The van der Waals surface area contributed by atoms with Gasteiger partial charge in [-0.15, -0.1) is 0 Å². The van der Waals surface area contributed by atoms with Crippen molar-refractivity contribution in [2.24, 2.45) is 0 Å². The molecule has 4 aromatic rings. The average Bonchev–Trinajstić information content (AvgIpc) is 2.80. The van der Waals surface area contributed by atoms with Crippen LogP contribution in [0.2, 0.25) is 0 Å². The third-order valence-corrected chi connectivity index (χ3v) is 5.32. The second kappa shape index (κ2) is 8.62. The second-order valence-corrected chi connectivity index (χ2v) is 7.43. The molecule has 0 aliphatic heterocycles. The standard InChI is InChI=1S/C25H23NO5/c1-15-22(13-12-19-18-10-6-7-11-20(18)25(29)31-23(15)19)30-16(2)24(28)26-14-21(27)17-8-4-3-5-9-17/h3-13,16,21,27H,14H2,1-2H3,(H,26,28)/t16-,21-/m0/s1. The van der Waals surface area contributed by atoms with Gasteiger partial charge in [-0.25, -0.2) is 4.79 Å². The number of carbonyl (C=O) groups excluding carboxylic acids is 1. The SMILES string of the molecule is Cc1c(O[C@@H](C)C(=O)NC[C@H](O)c2ccccc2)ccc2c1oc(=O)c1ccccc12. The summed E-state index contributed by atoms with van der Waals surface area (Å²) in [5.74, 6) is 0.103. The van der Waals surface area contributed by atoms with Crippen molar-refractivity contribution in [1.29, 1.82) is 0 Å². The van der Waals surface area contributed by atoms with Crippen molar-refractivity contribution >= 4 is 27.6 Å². The monoisotopic (exact) mass is 417 g/mol. The predicted molar refractivity (Wildman–Crippen MR) is 119 cm³/mol. The van der Waals surface area contributed by atoms with E-state index in [0.717, 1.165) is 16.3 Å². The van der Waals surface area contributed by atoms with Gasteiger partial charge in [0.25, 0.3) is 5.91 Å². The maximum atomic E-state index is 12.5. The first-order valence-corrected chi connectivity index (χ1v) is 10.1. The van der Waals surface area contributed by atoms with Crippen LogP contribution in [-0.4, -0.2) is 23.7 Å². The van der Waals surface area contributed by atoms with Gasteiger partial charge in [0, 0.05) is 17.5 Å². The van der Waals surface area contributed by atoms with Crippen molar-refractivity contribution < 1.29 is 19.1 Å². The normalized spacial score (nSPS) is 13.1. The lowest BCUT2D eigenvalue weighted by molar-refractivity contribution is -0.127. The molecule has 0 saturated heterocycles. The zero-order valence-electron chi connectivity index (χ0n) is 17.3. The molecule has 0 aliphatic carbocycles. The van der Waals surface area contributed by atoms with Crippen molar-refractivity contribution in [2.75, 3.05) is 6.54 Å². The first kappa shape index (κ1) is 20.6. The molecular weight excluding hydrogens is 394 g/mol. The molecule has 2 atom stereocenters. The van der Waals surface area contributed by atoms with Crippen LogP contribution in [0.5, 0.6) is 5.75 Å². The molecule has 6 heteroatoms. The third-order valence-electron chi connectivity index (χ3n) is 5.32. The Morgan fingerprint density at radius 3 is 2.42 bits per heavy atom. The number of aliphatic hydroxyl groups is 1. The van der Waals surface area contributed by atoms with Gasteiger partial charge in [0.2, 0.25) is 0 Å². The number of nitrogens with one attached hydrogen (secondary N) is 1. The van der Waals surface area contributed by atoms with E-state index in [4.69, 9.17) is 9.15 Å². The fourth-order valence-corrected chi connectivity index (χ4v) is 3.57. The average molecular weight is 417 g/mol. The third kappa shape index (κ3) is 4.15. The van der Waals surface area contributed by atoms with Gasteiger partial charge in [-0.2, -0.15) is 0 Å². The molecule has 3 aromatic carbocycles. The van der Waals surface area contributed by atoms with Crippen molar-refractivity contribution in [3.8, 4) is 5.75 Å². The number of hydrogen-bond acceptors (Lipinski definition) is 5. The summed E-state index contributed by atoms with van der Waals surface area (Å²) < 4.78 is 11.4. The van der Waals surface area contributed by atoms with E-state index in [-0.39, 0.29) is 12.5 Å². The Balaban J connectivity index is 1.51. The van der Waals surface area contributed by atoms with E-state index in [1.54, 1.807) is 44.2 Å². The van der Waals surface area contributed by atoms with Gasteiger partial charge in [-0.3, -0.25) is 4.79 Å². The Bertz CT molecular complexity index is 1300. The van der Waals surface area contributed by atoms with Gasteiger partial charge >= 0.3 is 5.63 Å². The molecule has 1 amide bonds. The summed E-state index contributed by atoms with van der Waals surface area (Å²) in [7, 11) is 0. The number of ether oxygens (including phenoxy) is 1. The van der Waals surface area contributed by atoms with Gasteiger partial charge in [0.15, 0.2) is 6.10 Å². The van der Waals surface area contributed by atoms with Crippen LogP contribution in [0.1, 0.15) is 24.2 Å². The Morgan fingerprint density at radius 1 is 1.00 bits per heavy atom. The molecule has 2 N–H and O–H groups in total. The van der Waals surface area contributed by atoms with Gasteiger partial charge in [0.1, 0.15) is 11.3 Å². The fraction of sp³-hybridized carbons (Fsp3) is 0.200. The highest BCUT2D eigenvalue weighted by Gasteiger charge is 2.19. The number of aliphatic hydroxyl groups excluding tert-OH is 1. The van der Waals surface area contributed by atoms with Crippen molar-refractivity contribution in [2.45, 2.75) is 26.1 Å². The lowest BCUT2D eigenvalue weighted by Crippen LogP contribution is -2.38. The highest BCUT2D eigenvalue weighted by Crippen LogP contribution is 2.31. The maximum Gasteiger partial charge on any atom is 0.344 e. The fourth-order valence-electron chi connectivity index (χ4n) is 3.57. The molecule has 0 radical (unpaired) electrons. The van der Waals surface area contributed by atoms with E-state index >= 15 is 0 Å². The number of benzene rings is 3. The lowest BCUT2D eigenvalue weighted by Gasteiger charge is -2.18. The van der Waals surface area contributed by atoms with Crippen LogP contribution < -0.4 is 15.7 Å². The number of hydrogen-bond donors (Lipinski definition) is 2. The minimum absolute atomic E-state index is 0.0775. The van der Waals surface area contributed by atoms with Gasteiger partial charge in [0.05, 0.1) is 11.5 Å². The predicted octanol–water partition coefficient (Wildman–Crippen LogP) is 3.87. The Morgan fingerprint density at radius 2 is 1.68 bits per heavy atom. The highest BCUT2D eigenvalue weighted by molar-refractivity contribution is 6.05. The van der Waals surface area contributed by atoms with Crippen LogP contribution in [0.25, 0.3) is 21.7 Å². The Kier molecular flexibility index (Phi) is 5.73. The zero-order chi connectivity index (χ0) is 22.0. The van der Waals surface area contributed by atoms with Crippen LogP contribution in [0.3, 0.4) is 0 Å². The van der Waals surface area contributed by atoms with Crippen LogP contribution in [0, 0.1) is 6.92 Å². The van der Waals surface area contributed by atoms with Crippen molar-refractivity contribution in [3.63, 3.8) is 0 Å². The largest absolute Gasteiger partial charge is 0.480 e. The molecule has 158 valence electrons. The first-order valence-electron chi connectivity index (χ1n) is 10.1. The molecule has 0 saturated carbocycles. The summed E-state index contributed by atoms with van der Waals surface area (Å²) >= 11 is 0. The number of aryl methyl sites for hydroxylation is 1. The van der Waals surface area contributed by atoms with Crippen LogP contribution in [0.4, 0.5) is 0 Å². The van der Waals surface area contributed by atoms with Crippen LogP contribution in [-0.2, 0) is 4.79 Å². The van der Waals surface area contributed by atoms with E-state index in [1.165, 1.54) is 0 Å². The van der Waals surface area contributed by atoms with Crippen LogP contribution in [0.15, 0.2) is 75.9 Å². The van der Waals surface area contributed by atoms with Gasteiger partial charge in [-0.05, 0) is 43.0 Å². The summed E-state index contributed by atoms with van der Waals surface area (Å²) in [4.78, 5) is 24.8. The summed E-state index contributed by atoms with van der Waals surface area (Å²) in [5, 5.41) is 15.1. The van der Waals surface area contributed by atoms with E-state index in [0.29, 0.717) is 22.3 Å². The van der Waals surface area contributed by atoms with E-state index in [9.17, 15) is 14.7 Å². The highest BCUT2D eigenvalue weighted by atomic mass is 16.5. The molecule has 31 heavy (non-hydrogen) atoms. The Labute approximate surface area is 179 Å². The zero-order valence-corrected chi connectivity index (χ0v) is 17.3. The number of fused-ring (bicyclic) bond motifs is 3. The smallest absolute Gasteiger partial charge is 0.344 e. The Hall–Kier alpha value is -3.64. The molecule has 0 spiro atoms. The molecule has 4 rings (SSSR count). The summed E-state index contributed by atoms with van der Waals surface area (Å²) in [6, 6.07) is 20.0. The van der Waals surface area contributed by atoms with Gasteiger partial charge in [-0.1, -0.05) is 48.5 Å². The van der Waals surface area contributed by atoms with Crippen molar-refractivity contribution in [1.82, 2.24) is 5.32 Å². The van der Waals surface area contributed by atoms with Crippen molar-refractivity contribution in [3.05, 3.63) is 88.3 Å². The molecule has 0 fully saturated rings. The molecule has 0 unspecified atom stereocenters. The van der Waals surface area contributed by atoms with E-state index in [1.807, 2.05) is 36.4 Å². The quantitative estimate of drug-likeness (QED) is 0.367. The molecule has 1 heterocycles. The van der Waals surface area contributed by atoms with Crippen LogP contribution >= 0.6 is 0 Å². The number of carbonyl (C=O) groups is 1. The molecular formula is C25H23NO5. The summed E-state index contributed by atoms with van der Waals surface area (Å²) in [5.41, 5.74) is 1.39. The molecule has 1 aromatic heterocycles. The number of rotatable bonds is 6. The minimum Gasteiger partial charge on any atom is -0.480 e.